The summed E-state index contributed by atoms with van der Waals surface area (Å²) in [5.74, 6) is 0.804. The maximum absolute atomic E-state index is 4.63. The zero-order chi connectivity index (χ0) is 13.2. The van der Waals surface area contributed by atoms with E-state index in [0.29, 0.717) is 0 Å². The Balaban J connectivity index is 1.64. The highest BCUT2D eigenvalue weighted by molar-refractivity contribution is 7.17. The summed E-state index contributed by atoms with van der Waals surface area (Å²) in [5.41, 5.74) is 2.47. The first-order valence-electron chi connectivity index (χ1n) is 7.03. The van der Waals surface area contributed by atoms with Gasteiger partial charge in [-0.3, -0.25) is 4.40 Å². The lowest BCUT2D eigenvalue weighted by Crippen LogP contribution is -2.24. The van der Waals surface area contributed by atoms with E-state index in [9.17, 15) is 0 Å². The summed E-state index contributed by atoms with van der Waals surface area (Å²) in [7, 11) is 0. The average molecular weight is 275 g/mol. The molecule has 19 heavy (non-hydrogen) atoms. The molecular formula is C15H21N3S. The number of nitrogens with one attached hydrogen (secondary N) is 1. The third-order valence-electron chi connectivity index (χ3n) is 3.84. The number of hydrogen-bond donors (Lipinski definition) is 1. The lowest BCUT2D eigenvalue weighted by atomic mass is 9.94. The summed E-state index contributed by atoms with van der Waals surface area (Å²) >= 11 is 1.76. The van der Waals surface area contributed by atoms with Gasteiger partial charge in [-0.2, -0.15) is 0 Å². The Morgan fingerprint density at radius 1 is 1.42 bits per heavy atom. The van der Waals surface area contributed by atoms with Crippen molar-refractivity contribution in [3.8, 4) is 0 Å². The van der Waals surface area contributed by atoms with Crippen LogP contribution >= 0.6 is 11.3 Å². The summed E-state index contributed by atoms with van der Waals surface area (Å²) in [6.07, 6.45) is 10.6. The molecule has 1 atom stereocenters. The van der Waals surface area contributed by atoms with E-state index >= 15 is 0 Å². The van der Waals surface area contributed by atoms with E-state index in [2.05, 4.69) is 46.9 Å². The standard InChI is InChI=1S/C15H21N3S/c1-11-10-18-14(12(2)17-15(18)19-11)9-16-8-13-6-4-3-5-7-13/h3-4,10,13,16H,5-9H2,1-2H3. The molecule has 0 amide bonds. The second kappa shape index (κ2) is 5.47. The predicted octanol–water partition coefficient (Wildman–Crippen LogP) is 3.46. The number of allylic oxidation sites excluding steroid dienone is 2. The number of aryl methyl sites for hydroxylation is 2. The summed E-state index contributed by atoms with van der Waals surface area (Å²) in [6, 6.07) is 0. The van der Waals surface area contributed by atoms with Crippen molar-refractivity contribution in [2.45, 2.75) is 39.7 Å². The first-order chi connectivity index (χ1) is 9.24. The van der Waals surface area contributed by atoms with Crippen LogP contribution in [0.25, 0.3) is 4.96 Å². The van der Waals surface area contributed by atoms with E-state index in [1.54, 1.807) is 11.3 Å². The Morgan fingerprint density at radius 2 is 2.32 bits per heavy atom. The fourth-order valence-corrected chi connectivity index (χ4v) is 3.65. The zero-order valence-electron chi connectivity index (χ0n) is 11.6. The Hall–Kier alpha value is -1.13. The van der Waals surface area contributed by atoms with E-state index in [-0.39, 0.29) is 0 Å². The fraction of sp³-hybridized carbons (Fsp3) is 0.533. The van der Waals surface area contributed by atoms with Crippen LogP contribution in [0.5, 0.6) is 0 Å². The summed E-state index contributed by atoms with van der Waals surface area (Å²) < 4.78 is 2.24. The number of rotatable bonds is 4. The molecule has 1 aliphatic carbocycles. The molecule has 2 aromatic heterocycles. The van der Waals surface area contributed by atoms with Gasteiger partial charge in [0.15, 0.2) is 4.96 Å². The second-order valence-electron chi connectivity index (χ2n) is 5.42. The van der Waals surface area contributed by atoms with Gasteiger partial charge >= 0.3 is 0 Å². The largest absolute Gasteiger partial charge is 0.311 e. The SMILES string of the molecule is Cc1cn2c(CNCC3CC=CCC3)c(C)nc2s1. The number of hydrogen-bond acceptors (Lipinski definition) is 3. The van der Waals surface area contributed by atoms with E-state index in [1.807, 2.05) is 0 Å². The monoisotopic (exact) mass is 275 g/mol. The van der Waals surface area contributed by atoms with Crippen molar-refractivity contribution in [3.05, 3.63) is 34.6 Å². The number of thiazole rings is 1. The number of nitrogens with zero attached hydrogens (tertiary/aromatic N) is 2. The molecule has 4 heteroatoms. The molecule has 2 heterocycles. The first kappa shape index (κ1) is 12.9. The van der Waals surface area contributed by atoms with Crippen LogP contribution < -0.4 is 5.32 Å². The Bertz CT molecular complexity index is 594. The van der Waals surface area contributed by atoms with Gasteiger partial charge in [-0.25, -0.2) is 4.98 Å². The van der Waals surface area contributed by atoms with Crippen LogP contribution in [0.1, 0.15) is 35.5 Å². The molecule has 0 saturated carbocycles. The molecule has 0 saturated heterocycles. The van der Waals surface area contributed by atoms with E-state index in [0.717, 1.165) is 29.7 Å². The molecule has 0 fully saturated rings. The highest BCUT2D eigenvalue weighted by Gasteiger charge is 2.12. The van der Waals surface area contributed by atoms with Gasteiger partial charge in [0.1, 0.15) is 0 Å². The highest BCUT2D eigenvalue weighted by atomic mass is 32.1. The third kappa shape index (κ3) is 2.74. The topological polar surface area (TPSA) is 29.3 Å². The first-order valence-corrected chi connectivity index (χ1v) is 7.85. The normalized spacial score (nSPS) is 19.4. The quantitative estimate of drug-likeness (QED) is 0.866. The number of fused-ring (bicyclic) bond motifs is 1. The van der Waals surface area contributed by atoms with Crippen LogP contribution in [0.2, 0.25) is 0 Å². The van der Waals surface area contributed by atoms with Gasteiger partial charge in [0.05, 0.1) is 11.4 Å². The van der Waals surface area contributed by atoms with Gasteiger partial charge in [-0.15, -0.1) is 11.3 Å². The van der Waals surface area contributed by atoms with Crippen molar-refractivity contribution in [3.63, 3.8) is 0 Å². The molecule has 2 aromatic rings. The predicted molar refractivity (Wildman–Crippen MR) is 80.7 cm³/mol. The second-order valence-corrected chi connectivity index (χ2v) is 6.63. The molecule has 0 aliphatic heterocycles. The summed E-state index contributed by atoms with van der Waals surface area (Å²) in [4.78, 5) is 7.07. The van der Waals surface area contributed by atoms with Gasteiger partial charge in [-0.05, 0) is 45.6 Å². The highest BCUT2D eigenvalue weighted by Crippen LogP contribution is 2.21. The smallest absolute Gasteiger partial charge is 0.194 e. The van der Waals surface area contributed by atoms with Gasteiger partial charge in [0, 0.05) is 17.6 Å². The average Bonchev–Trinajstić information content (AvgIpc) is 2.88. The maximum atomic E-state index is 4.63. The van der Waals surface area contributed by atoms with Gasteiger partial charge in [0.2, 0.25) is 0 Å². The van der Waals surface area contributed by atoms with Crippen LogP contribution in [-0.4, -0.2) is 15.9 Å². The van der Waals surface area contributed by atoms with E-state index in [1.165, 1.54) is 29.8 Å². The molecule has 3 rings (SSSR count). The number of imidazole rings is 1. The van der Waals surface area contributed by atoms with Crippen molar-refractivity contribution in [1.82, 2.24) is 14.7 Å². The molecular weight excluding hydrogens is 254 g/mol. The molecule has 1 N–H and O–H groups in total. The van der Waals surface area contributed by atoms with Crippen molar-refractivity contribution in [1.29, 1.82) is 0 Å². The minimum Gasteiger partial charge on any atom is -0.311 e. The van der Waals surface area contributed by atoms with Crippen molar-refractivity contribution in [2.75, 3.05) is 6.54 Å². The molecule has 3 nitrogen and oxygen atoms in total. The van der Waals surface area contributed by atoms with Crippen molar-refractivity contribution in [2.24, 2.45) is 5.92 Å². The molecule has 0 spiro atoms. The Kier molecular flexibility index (Phi) is 3.71. The molecule has 1 unspecified atom stereocenters. The van der Waals surface area contributed by atoms with Crippen LogP contribution in [-0.2, 0) is 6.54 Å². The Morgan fingerprint density at radius 3 is 3.11 bits per heavy atom. The van der Waals surface area contributed by atoms with Crippen LogP contribution in [0.4, 0.5) is 0 Å². The third-order valence-corrected chi connectivity index (χ3v) is 4.74. The molecule has 0 bridgehead atoms. The fourth-order valence-electron chi connectivity index (χ4n) is 2.76. The lowest BCUT2D eigenvalue weighted by molar-refractivity contribution is 0.438. The van der Waals surface area contributed by atoms with Crippen LogP contribution in [0, 0.1) is 19.8 Å². The summed E-state index contributed by atoms with van der Waals surface area (Å²) in [5, 5.41) is 3.61. The van der Waals surface area contributed by atoms with E-state index in [4.69, 9.17) is 0 Å². The summed E-state index contributed by atoms with van der Waals surface area (Å²) in [6.45, 7) is 6.28. The number of aromatic nitrogens is 2. The molecule has 102 valence electrons. The zero-order valence-corrected chi connectivity index (χ0v) is 12.5. The lowest BCUT2D eigenvalue weighted by Gasteiger charge is -2.18. The van der Waals surface area contributed by atoms with Gasteiger partial charge in [0.25, 0.3) is 0 Å². The van der Waals surface area contributed by atoms with Gasteiger partial charge < -0.3 is 5.32 Å². The molecule has 1 aliphatic rings. The minimum atomic E-state index is 0.804. The molecule has 0 radical (unpaired) electrons. The van der Waals surface area contributed by atoms with E-state index < -0.39 is 0 Å². The molecule has 0 aromatic carbocycles. The van der Waals surface area contributed by atoms with Crippen LogP contribution in [0.3, 0.4) is 0 Å². The van der Waals surface area contributed by atoms with Crippen molar-refractivity contribution < 1.29 is 0 Å². The van der Waals surface area contributed by atoms with Crippen molar-refractivity contribution >= 4 is 16.3 Å². The Labute approximate surface area is 118 Å². The van der Waals surface area contributed by atoms with Gasteiger partial charge in [-0.1, -0.05) is 12.2 Å². The maximum Gasteiger partial charge on any atom is 0.194 e. The minimum absolute atomic E-state index is 0.804. The van der Waals surface area contributed by atoms with Crippen LogP contribution in [0.15, 0.2) is 18.3 Å².